The van der Waals surface area contributed by atoms with E-state index in [0.29, 0.717) is 18.2 Å². The lowest BCUT2D eigenvalue weighted by molar-refractivity contribution is 0.0942. The number of aromatic amines is 1. The first-order valence-corrected chi connectivity index (χ1v) is 7.95. The predicted molar refractivity (Wildman–Crippen MR) is 89.7 cm³/mol. The van der Waals surface area contributed by atoms with Crippen LogP contribution < -0.4 is 5.32 Å². The third-order valence-electron chi connectivity index (χ3n) is 3.50. The van der Waals surface area contributed by atoms with Crippen molar-refractivity contribution < 1.29 is 4.79 Å². The maximum atomic E-state index is 12.2. The number of benzene rings is 1. The molecule has 3 rings (SSSR count). The second-order valence-electron chi connectivity index (χ2n) is 5.46. The zero-order valence-corrected chi connectivity index (χ0v) is 13.8. The largest absolute Gasteiger partial charge is 0.351 e. The van der Waals surface area contributed by atoms with Gasteiger partial charge in [-0.05, 0) is 36.2 Å². The lowest BCUT2D eigenvalue weighted by Crippen LogP contribution is -2.30. The van der Waals surface area contributed by atoms with Gasteiger partial charge in [-0.25, -0.2) is 0 Å². The fourth-order valence-corrected chi connectivity index (χ4v) is 2.76. The number of hydrogen-bond acceptors (Lipinski definition) is 2. The Bertz CT molecular complexity index is 779. The fourth-order valence-electron chi connectivity index (χ4n) is 2.38. The first kappa shape index (κ1) is 14.8. The van der Waals surface area contributed by atoms with Crippen LogP contribution in [0.1, 0.15) is 17.4 Å². The molecule has 6 heteroatoms. The Balaban J connectivity index is 1.60. The number of rotatable bonds is 5. The second kappa shape index (κ2) is 6.36. The van der Waals surface area contributed by atoms with Crippen molar-refractivity contribution in [1.29, 1.82) is 0 Å². The smallest absolute Gasteiger partial charge is 0.267 e. The highest BCUT2D eigenvalue weighted by atomic mass is 79.9. The van der Waals surface area contributed by atoms with Gasteiger partial charge in [0, 0.05) is 40.9 Å². The molecule has 0 radical (unpaired) electrons. The highest BCUT2D eigenvalue weighted by molar-refractivity contribution is 9.10. The van der Waals surface area contributed by atoms with Crippen LogP contribution in [0.4, 0.5) is 0 Å². The lowest BCUT2D eigenvalue weighted by atomic mass is 10.2. The SMILES string of the molecule is CC(CNC(=O)c1cc2cc(Br)ccc2[nH]1)Cn1cccn1. The summed E-state index contributed by atoms with van der Waals surface area (Å²) in [5.41, 5.74) is 1.54. The monoisotopic (exact) mass is 360 g/mol. The minimum atomic E-state index is -0.0837. The summed E-state index contributed by atoms with van der Waals surface area (Å²) in [6.07, 6.45) is 3.68. The van der Waals surface area contributed by atoms with Crippen LogP contribution in [0.15, 0.2) is 47.2 Å². The number of halogens is 1. The minimum absolute atomic E-state index is 0.0837. The number of fused-ring (bicyclic) bond motifs is 1. The molecule has 1 amide bonds. The van der Waals surface area contributed by atoms with Crippen LogP contribution in [0.5, 0.6) is 0 Å². The van der Waals surface area contributed by atoms with E-state index in [0.717, 1.165) is 21.9 Å². The van der Waals surface area contributed by atoms with Crippen molar-refractivity contribution in [1.82, 2.24) is 20.1 Å². The van der Waals surface area contributed by atoms with E-state index in [2.05, 4.69) is 38.3 Å². The molecule has 0 saturated heterocycles. The summed E-state index contributed by atoms with van der Waals surface area (Å²) < 4.78 is 2.87. The van der Waals surface area contributed by atoms with Gasteiger partial charge in [0.15, 0.2) is 0 Å². The number of carbonyl (C=O) groups is 1. The van der Waals surface area contributed by atoms with Gasteiger partial charge in [-0.1, -0.05) is 22.9 Å². The van der Waals surface area contributed by atoms with E-state index >= 15 is 0 Å². The third-order valence-corrected chi connectivity index (χ3v) is 3.99. The molecule has 0 aliphatic carbocycles. The average Bonchev–Trinajstić information content (AvgIpc) is 3.13. The van der Waals surface area contributed by atoms with Crippen LogP contribution in [0, 0.1) is 5.92 Å². The number of carbonyl (C=O) groups excluding carboxylic acids is 1. The molecule has 2 N–H and O–H groups in total. The maximum absolute atomic E-state index is 12.2. The zero-order chi connectivity index (χ0) is 15.5. The number of amides is 1. The van der Waals surface area contributed by atoms with Crippen LogP contribution in [0.3, 0.4) is 0 Å². The highest BCUT2D eigenvalue weighted by Crippen LogP contribution is 2.20. The van der Waals surface area contributed by atoms with E-state index in [9.17, 15) is 4.79 Å². The maximum Gasteiger partial charge on any atom is 0.267 e. The van der Waals surface area contributed by atoms with Gasteiger partial charge in [0.2, 0.25) is 0 Å². The first-order chi connectivity index (χ1) is 10.6. The average molecular weight is 361 g/mol. The van der Waals surface area contributed by atoms with E-state index in [1.807, 2.05) is 41.2 Å². The van der Waals surface area contributed by atoms with Crippen molar-refractivity contribution in [3.8, 4) is 0 Å². The van der Waals surface area contributed by atoms with Gasteiger partial charge in [0.05, 0.1) is 0 Å². The topological polar surface area (TPSA) is 62.7 Å². The van der Waals surface area contributed by atoms with Gasteiger partial charge in [-0.2, -0.15) is 5.10 Å². The van der Waals surface area contributed by atoms with E-state index in [1.54, 1.807) is 6.20 Å². The van der Waals surface area contributed by atoms with Crippen molar-refractivity contribution in [3.63, 3.8) is 0 Å². The Morgan fingerprint density at radius 1 is 1.45 bits per heavy atom. The summed E-state index contributed by atoms with van der Waals surface area (Å²) in [5, 5.41) is 8.15. The first-order valence-electron chi connectivity index (χ1n) is 7.16. The van der Waals surface area contributed by atoms with Gasteiger partial charge in [-0.3, -0.25) is 9.48 Å². The predicted octanol–water partition coefficient (Wildman–Crippen LogP) is 3.19. The van der Waals surface area contributed by atoms with Crippen LogP contribution >= 0.6 is 15.9 Å². The Labute approximate surface area is 136 Å². The van der Waals surface area contributed by atoms with Crippen molar-refractivity contribution in [2.24, 2.45) is 5.92 Å². The molecule has 0 aliphatic heterocycles. The van der Waals surface area contributed by atoms with Crippen molar-refractivity contribution >= 4 is 32.7 Å². The molecule has 114 valence electrons. The normalized spacial score (nSPS) is 12.5. The van der Waals surface area contributed by atoms with Crippen LogP contribution in [0.25, 0.3) is 10.9 Å². The van der Waals surface area contributed by atoms with Crippen molar-refractivity contribution in [3.05, 3.63) is 52.9 Å². The van der Waals surface area contributed by atoms with Gasteiger partial charge >= 0.3 is 0 Å². The summed E-state index contributed by atoms with van der Waals surface area (Å²) in [6.45, 7) is 3.48. The molecule has 0 aliphatic rings. The molecule has 1 atom stereocenters. The van der Waals surface area contributed by atoms with E-state index in [1.165, 1.54) is 0 Å². The van der Waals surface area contributed by atoms with E-state index in [4.69, 9.17) is 0 Å². The standard InChI is InChI=1S/C16H17BrN4O/c1-11(10-21-6-2-5-19-21)9-18-16(22)15-8-12-7-13(17)3-4-14(12)20-15/h2-8,11,20H,9-10H2,1H3,(H,18,22). The number of aromatic nitrogens is 3. The van der Waals surface area contributed by atoms with Crippen molar-refractivity contribution in [2.75, 3.05) is 6.54 Å². The molecule has 2 aromatic heterocycles. The van der Waals surface area contributed by atoms with Gasteiger partial charge in [-0.15, -0.1) is 0 Å². The minimum Gasteiger partial charge on any atom is -0.351 e. The summed E-state index contributed by atoms with van der Waals surface area (Å²) >= 11 is 3.43. The molecule has 2 heterocycles. The molecule has 0 fully saturated rings. The number of H-pyrrole nitrogens is 1. The Morgan fingerprint density at radius 2 is 2.32 bits per heavy atom. The summed E-state index contributed by atoms with van der Waals surface area (Å²) in [4.78, 5) is 15.4. The highest BCUT2D eigenvalue weighted by Gasteiger charge is 2.11. The lowest BCUT2D eigenvalue weighted by Gasteiger charge is -2.12. The van der Waals surface area contributed by atoms with Crippen LogP contribution in [-0.4, -0.2) is 27.2 Å². The Morgan fingerprint density at radius 3 is 3.09 bits per heavy atom. The molecule has 0 bridgehead atoms. The quantitative estimate of drug-likeness (QED) is 0.733. The zero-order valence-electron chi connectivity index (χ0n) is 12.2. The Hall–Kier alpha value is -2.08. The molecular weight excluding hydrogens is 344 g/mol. The summed E-state index contributed by atoms with van der Waals surface area (Å²) in [7, 11) is 0. The van der Waals surface area contributed by atoms with E-state index in [-0.39, 0.29) is 5.91 Å². The third kappa shape index (κ3) is 3.39. The van der Waals surface area contributed by atoms with Crippen LogP contribution in [-0.2, 0) is 6.54 Å². The summed E-state index contributed by atoms with van der Waals surface area (Å²) in [5.74, 6) is 0.224. The second-order valence-corrected chi connectivity index (χ2v) is 6.37. The molecule has 0 spiro atoms. The van der Waals surface area contributed by atoms with Crippen LogP contribution in [0.2, 0.25) is 0 Å². The number of nitrogens with one attached hydrogen (secondary N) is 2. The van der Waals surface area contributed by atoms with E-state index < -0.39 is 0 Å². The van der Waals surface area contributed by atoms with Gasteiger partial charge in [0.1, 0.15) is 5.69 Å². The summed E-state index contributed by atoms with van der Waals surface area (Å²) in [6, 6.07) is 9.66. The molecule has 1 aromatic carbocycles. The van der Waals surface area contributed by atoms with Crippen molar-refractivity contribution in [2.45, 2.75) is 13.5 Å². The number of nitrogens with zero attached hydrogens (tertiary/aromatic N) is 2. The molecule has 1 unspecified atom stereocenters. The Kier molecular flexibility index (Phi) is 4.29. The molecule has 5 nitrogen and oxygen atoms in total. The van der Waals surface area contributed by atoms with Gasteiger partial charge in [0.25, 0.3) is 5.91 Å². The number of hydrogen-bond donors (Lipinski definition) is 2. The molecule has 0 saturated carbocycles. The molecule has 22 heavy (non-hydrogen) atoms. The fraction of sp³-hybridized carbons (Fsp3) is 0.250. The molecular formula is C16H17BrN4O. The van der Waals surface area contributed by atoms with Gasteiger partial charge < -0.3 is 10.3 Å². The molecule has 3 aromatic rings.